The zero-order valence-corrected chi connectivity index (χ0v) is 13.4. The van der Waals surface area contributed by atoms with Gasteiger partial charge in [0.1, 0.15) is 4.88 Å². The maximum atomic E-state index is 12.3. The van der Waals surface area contributed by atoms with Crippen LogP contribution in [0.5, 0.6) is 0 Å². The van der Waals surface area contributed by atoms with E-state index in [1.807, 2.05) is 19.1 Å². The molecule has 3 nitrogen and oxygen atoms in total. The standard InChI is InChI=1S/C15H19ClN2OS/c1-8(2)6-9(3)18-15(19)14-13(17)11-7-10(16)4-5-12(11)20-14/h4-5,7-9H,6,17H2,1-3H3,(H,18,19). The zero-order valence-electron chi connectivity index (χ0n) is 11.9. The second-order valence-corrected chi connectivity index (χ2v) is 6.98. The summed E-state index contributed by atoms with van der Waals surface area (Å²) in [4.78, 5) is 12.9. The molecule has 0 radical (unpaired) electrons. The maximum absolute atomic E-state index is 12.3. The Morgan fingerprint density at radius 2 is 2.10 bits per heavy atom. The molecule has 0 spiro atoms. The van der Waals surface area contributed by atoms with Crippen LogP contribution in [0.4, 0.5) is 5.69 Å². The molecule has 0 bridgehead atoms. The number of halogens is 1. The molecule has 0 fully saturated rings. The number of rotatable bonds is 4. The van der Waals surface area contributed by atoms with Crippen molar-refractivity contribution in [2.75, 3.05) is 5.73 Å². The highest BCUT2D eigenvalue weighted by atomic mass is 35.5. The van der Waals surface area contributed by atoms with E-state index in [0.717, 1.165) is 16.5 Å². The van der Waals surface area contributed by atoms with Crippen molar-refractivity contribution in [1.29, 1.82) is 0 Å². The van der Waals surface area contributed by atoms with Crippen molar-refractivity contribution in [1.82, 2.24) is 5.32 Å². The minimum Gasteiger partial charge on any atom is -0.397 e. The average Bonchev–Trinajstić information content (AvgIpc) is 2.65. The molecule has 1 atom stereocenters. The Bertz CT molecular complexity index is 636. The molecule has 0 saturated carbocycles. The van der Waals surface area contributed by atoms with Gasteiger partial charge in [-0.2, -0.15) is 0 Å². The Kier molecular flexibility index (Phi) is 4.55. The van der Waals surface area contributed by atoms with Crippen LogP contribution in [0.25, 0.3) is 10.1 Å². The average molecular weight is 311 g/mol. The monoisotopic (exact) mass is 310 g/mol. The van der Waals surface area contributed by atoms with Gasteiger partial charge in [0.2, 0.25) is 0 Å². The quantitative estimate of drug-likeness (QED) is 0.884. The first-order chi connectivity index (χ1) is 9.38. The highest BCUT2D eigenvalue weighted by Gasteiger charge is 2.18. The third-order valence-corrected chi connectivity index (χ3v) is 4.52. The number of nitrogens with two attached hydrogens (primary N) is 1. The van der Waals surface area contributed by atoms with Gasteiger partial charge in [0.15, 0.2) is 0 Å². The number of thiophene rings is 1. The summed E-state index contributed by atoms with van der Waals surface area (Å²) in [5.74, 6) is 0.442. The number of nitrogen functional groups attached to an aromatic ring is 1. The van der Waals surface area contributed by atoms with Gasteiger partial charge < -0.3 is 11.1 Å². The molecule has 1 aromatic carbocycles. The summed E-state index contributed by atoms with van der Waals surface area (Å²) in [6, 6.07) is 5.64. The Hall–Kier alpha value is -1.26. The minimum atomic E-state index is -0.104. The number of hydrogen-bond acceptors (Lipinski definition) is 3. The molecule has 20 heavy (non-hydrogen) atoms. The topological polar surface area (TPSA) is 55.1 Å². The SMILES string of the molecule is CC(C)CC(C)NC(=O)c1sc2ccc(Cl)cc2c1N. The van der Waals surface area contributed by atoms with Gasteiger partial charge in [-0.05, 0) is 37.5 Å². The number of hydrogen-bond donors (Lipinski definition) is 2. The zero-order chi connectivity index (χ0) is 14.9. The van der Waals surface area contributed by atoms with E-state index >= 15 is 0 Å². The highest BCUT2D eigenvalue weighted by molar-refractivity contribution is 7.21. The van der Waals surface area contributed by atoms with E-state index in [-0.39, 0.29) is 11.9 Å². The van der Waals surface area contributed by atoms with E-state index in [9.17, 15) is 4.79 Å². The molecule has 0 aliphatic heterocycles. The first kappa shape index (κ1) is 15.1. The Labute approximate surface area is 128 Å². The molecule has 108 valence electrons. The molecule has 0 saturated heterocycles. The first-order valence-corrected chi connectivity index (χ1v) is 7.86. The van der Waals surface area contributed by atoms with Crippen molar-refractivity contribution in [3.8, 4) is 0 Å². The van der Waals surface area contributed by atoms with Crippen molar-refractivity contribution in [2.45, 2.75) is 33.2 Å². The van der Waals surface area contributed by atoms with Crippen LogP contribution < -0.4 is 11.1 Å². The highest BCUT2D eigenvalue weighted by Crippen LogP contribution is 2.35. The molecule has 0 aliphatic carbocycles. The molecule has 3 N–H and O–H groups in total. The van der Waals surface area contributed by atoms with Gasteiger partial charge in [-0.25, -0.2) is 0 Å². The van der Waals surface area contributed by atoms with Gasteiger partial charge in [0.05, 0.1) is 5.69 Å². The largest absolute Gasteiger partial charge is 0.397 e. The molecule has 1 heterocycles. The van der Waals surface area contributed by atoms with Gasteiger partial charge >= 0.3 is 0 Å². The lowest BCUT2D eigenvalue weighted by Gasteiger charge is -2.15. The summed E-state index contributed by atoms with van der Waals surface area (Å²) in [6.07, 6.45) is 0.947. The molecule has 2 aromatic rings. The van der Waals surface area contributed by atoms with Crippen molar-refractivity contribution < 1.29 is 4.79 Å². The summed E-state index contributed by atoms with van der Waals surface area (Å²) in [6.45, 7) is 6.29. The lowest BCUT2D eigenvalue weighted by atomic mass is 10.1. The van der Waals surface area contributed by atoms with Crippen molar-refractivity contribution in [2.24, 2.45) is 5.92 Å². The minimum absolute atomic E-state index is 0.104. The smallest absolute Gasteiger partial charge is 0.263 e. The van der Waals surface area contributed by atoms with E-state index in [0.29, 0.717) is 21.5 Å². The van der Waals surface area contributed by atoms with Crippen LogP contribution in [-0.2, 0) is 0 Å². The van der Waals surface area contributed by atoms with Crippen LogP contribution in [0.3, 0.4) is 0 Å². The Morgan fingerprint density at radius 3 is 2.75 bits per heavy atom. The summed E-state index contributed by atoms with van der Waals surface area (Å²) in [5.41, 5.74) is 6.59. The van der Waals surface area contributed by atoms with E-state index < -0.39 is 0 Å². The molecule has 0 aliphatic rings. The number of anilines is 1. The van der Waals surface area contributed by atoms with Crippen molar-refractivity contribution >= 4 is 44.6 Å². The van der Waals surface area contributed by atoms with E-state index in [2.05, 4.69) is 19.2 Å². The molecular formula is C15H19ClN2OS. The summed E-state index contributed by atoms with van der Waals surface area (Å²) < 4.78 is 0.980. The number of amides is 1. The van der Waals surface area contributed by atoms with Crippen LogP contribution in [0.1, 0.15) is 36.9 Å². The number of nitrogens with one attached hydrogen (secondary N) is 1. The number of carbonyl (C=O) groups is 1. The van der Waals surface area contributed by atoms with Gasteiger partial charge in [-0.15, -0.1) is 11.3 Å². The summed E-state index contributed by atoms with van der Waals surface area (Å²) in [5, 5.41) is 4.48. The number of benzene rings is 1. The molecule has 5 heteroatoms. The van der Waals surface area contributed by atoms with E-state index in [1.54, 1.807) is 6.07 Å². The van der Waals surface area contributed by atoms with Crippen LogP contribution in [0, 0.1) is 5.92 Å². The summed E-state index contributed by atoms with van der Waals surface area (Å²) >= 11 is 7.38. The van der Waals surface area contributed by atoms with Crippen LogP contribution in [-0.4, -0.2) is 11.9 Å². The second kappa shape index (κ2) is 6.02. The maximum Gasteiger partial charge on any atom is 0.263 e. The van der Waals surface area contributed by atoms with Crippen LogP contribution >= 0.6 is 22.9 Å². The lowest BCUT2D eigenvalue weighted by Crippen LogP contribution is -2.33. The second-order valence-electron chi connectivity index (χ2n) is 5.49. The van der Waals surface area contributed by atoms with Crippen LogP contribution in [0.15, 0.2) is 18.2 Å². The van der Waals surface area contributed by atoms with E-state index in [4.69, 9.17) is 17.3 Å². The van der Waals surface area contributed by atoms with E-state index in [1.165, 1.54) is 11.3 Å². The molecular weight excluding hydrogens is 292 g/mol. The normalized spacial score (nSPS) is 12.8. The fourth-order valence-corrected chi connectivity index (χ4v) is 3.49. The summed E-state index contributed by atoms with van der Waals surface area (Å²) in [7, 11) is 0. The fraction of sp³-hybridized carbons (Fsp3) is 0.400. The number of fused-ring (bicyclic) bond motifs is 1. The molecule has 1 amide bonds. The molecule has 2 rings (SSSR count). The third-order valence-electron chi connectivity index (χ3n) is 3.10. The van der Waals surface area contributed by atoms with Crippen molar-refractivity contribution in [3.05, 3.63) is 28.1 Å². The van der Waals surface area contributed by atoms with Gasteiger partial charge in [0, 0.05) is 21.2 Å². The predicted molar refractivity (Wildman–Crippen MR) is 87.6 cm³/mol. The van der Waals surface area contributed by atoms with Crippen molar-refractivity contribution in [3.63, 3.8) is 0 Å². The first-order valence-electron chi connectivity index (χ1n) is 6.67. The fourth-order valence-electron chi connectivity index (χ4n) is 2.31. The number of carbonyl (C=O) groups excluding carboxylic acids is 1. The third kappa shape index (κ3) is 3.25. The molecule has 1 unspecified atom stereocenters. The van der Waals surface area contributed by atoms with Gasteiger partial charge in [0.25, 0.3) is 5.91 Å². The van der Waals surface area contributed by atoms with Crippen LogP contribution in [0.2, 0.25) is 5.02 Å². The Morgan fingerprint density at radius 1 is 1.40 bits per heavy atom. The lowest BCUT2D eigenvalue weighted by molar-refractivity contribution is 0.0941. The van der Waals surface area contributed by atoms with Gasteiger partial charge in [-0.3, -0.25) is 4.79 Å². The molecule has 1 aromatic heterocycles. The van der Waals surface area contributed by atoms with Gasteiger partial charge in [-0.1, -0.05) is 25.4 Å². The predicted octanol–water partition coefficient (Wildman–Crippen LogP) is 4.30. The Balaban J connectivity index is 2.24.